The van der Waals surface area contributed by atoms with Crippen LogP contribution in [-0.4, -0.2) is 94.8 Å². The van der Waals surface area contributed by atoms with E-state index < -0.39 is 18.1 Å². The smallest absolute Gasteiger partial charge is 0.242 e. The van der Waals surface area contributed by atoms with Crippen LogP contribution in [0, 0.1) is 0 Å². The molecule has 0 radical (unpaired) electrons. The topological polar surface area (TPSA) is 156 Å². The van der Waals surface area contributed by atoms with Gasteiger partial charge in [0.25, 0.3) is 0 Å². The van der Waals surface area contributed by atoms with E-state index in [4.69, 9.17) is 0 Å². The maximum atomic E-state index is 13.7. The first-order valence-corrected chi connectivity index (χ1v) is 15.7. The van der Waals surface area contributed by atoms with Crippen molar-refractivity contribution >= 4 is 17.7 Å². The molecule has 0 spiro atoms. The van der Waals surface area contributed by atoms with Crippen molar-refractivity contribution in [2.45, 2.75) is 69.1 Å². The fourth-order valence-electron chi connectivity index (χ4n) is 5.54. The van der Waals surface area contributed by atoms with E-state index in [1.54, 1.807) is 13.1 Å². The molecule has 0 saturated carbocycles. The maximum absolute atomic E-state index is 13.7. The highest BCUT2D eigenvalue weighted by Gasteiger charge is 2.28. The summed E-state index contributed by atoms with van der Waals surface area (Å²) >= 11 is 0. The van der Waals surface area contributed by atoms with E-state index in [-0.39, 0.29) is 42.4 Å². The molecule has 0 unspecified atom stereocenters. The Morgan fingerprint density at radius 2 is 1.68 bits per heavy atom. The third-order valence-electron chi connectivity index (χ3n) is 8.17. The third-order valence-corrected chi connectivity index (χ3v) is 8.17. The molecule has 4 bridgehead atoms. The molecule has 2 aromatic rings. The van der Waals surface area contributed by atoms with Crippen LogP contribution in [-0.2, 0) is 27.2 Å². The molecule has 1 heterocycles. The fraction of sp³-hybridized carbons (Fsp3) is 0.545. The van der Waals surface area contributed by atoms with Crippen molar-refractivity contribution in [2.24, 2.45) is 0 Å². The van der Waals surface area contributed by atoms with Crippen molar-refractivity contribution in [3.05, 3.63) is 53.6 Å². The molecule has 242 valence electrons. The van der Waals surface area contributed by atoms with Gasteiger partial charge in [0, 0.05) is 31.5 Å². The molecule has 4 atom stereocenters. The summed E-state index contributed by atoms with van der Waals surface area (Å²) in [6.07, 6.45) is 3.80. The Hall–Kier alpha value is -3.51. The van der Waals surface area contributed by atoms with Gasteiger partial charge in [-0.3, -0.25) is 14.4 Å². The average molecular weight is 610 g/mol. The van der Waals surface area contributed by atoms with Crippen LogP contribution in [0.1, 0.15) is 43.2 Å². The maximum Gasteiger partial charge on any atom is 0.242 e. The zero-order valence-electron chi connectivity index (χ0n) is 26.6. The number of carbonyl (C=O) groups is 3. The van der Waals surface area contributed by atoms with E-state index in [1.165, 1.54) is 0 Å². The zero-order chi connectivity index (χ0) is 31.9. The predicted molar refractivity (Wildman–Crippen MR) is 174 cm³/mol. The standard InChI is InChI=1S/C33H51N7O4/c1-34-14-6-10-26(36-3)21-38-31(42)20-27-17-22-8-5-9-23(16-22)24-12-13-30(41)25(18-24)19-29(37-4)33(44)40-28(32(43)39-27)11-7-15-35-2/h5,8-9,12-13,16,18,26-29,34-37,41H,6-7,10-11,14-15,17,19-21H2,1-4H3,(H,38,42)(H,39,43)(H,40,44)/t26-,27-,28-,29-/m0/s1. The molecule has 1 aliphatic heterocycles. The first-order valence-electron chi connectivity index (χ1n) is 15.7. The van der Waals surface area contributed by atoms with E-state index in [9.17, 15) is 19.5 Å². The van der Waals surface area contributed by atoms with Crippen molar-refractivity contribution in [2.75, 3.05) is 47.8 Å². The van der Waals surface area contributed by atoms with Crippen molar-refractivity contribution in [3.8, 4) is 16.9 Å². The van der Waals surface area contributed by atoms with Gasteiger partial charge in [-0.05, 0) is 108 Å². The number of hydrogen-bond donors (Lipinski definition) is 8. The van der Waals surface area contributed by atoms with Crippen LogP contribution in [0.4, 0.5) is 0 Å². The van der Waals surface area contributed by atoms with Crippen LogP contribution < -0.4 is 37.2 Å². The summed E-state index contributed by atoms with van der Waals surface area (Å²) in [4.78, 5) is 40.3. The Morgan fingerprint density at radius 1 is 0.932 bits per heavy atom. The summed E-state index contributed by atoms with van der Waals surface area (Å²) in [7, 11) is 7.34. The highest BCUT2D eigenvalue weighted by molar-refractivity contribution is 5.90. The molecule has 8 N–H and O–H groups in total. The van der Waals surface area contributed by atoms with Gasteiger partial charge in [-0.1, -0.05) is 30.3 Å². The number of benzene rings is 2. The number of rotatable bonds is 14. The number of nitrogens with one attached hydrogen (secondary N) is 7. The second-order valence-corrected chi connectivity index (χ2v) is 11.5. The van der Waals surface area contributed by atoms with Crippen LogP contribution in [0.2, 0.25) is 0 Å². The Kier molecular flexibility index (Phi) is 14.6. The molecular weight excluding hydrogens is 558 g/mol. The number of phenolic OH excluding ortho intramolecular Hbond substituents is 1. The first-order chi connectivity index (χ1) is 21.3. The van der Waals surface area contributed by atoms with Crippen LogP contribution >= 0.6 is 0 Å². The van der Waals surface area contributed by atoms with Crippen LogP contribution in [0.3, 0.4) is 0 Å². The van der Waals surface area contributed by atoms with Crippen LogP contribution in [0.25, 0.3) is 11.1 Å². The van der Waals surface area contributed by atoms with Gasteiger partial charge in [0.2, 0.25) is 17.7 Å². The normalized spacial score (nSPS) is 19.7. The van der Waals surface area contributed by atoms with Crippen molar-refractivity contribution in [3.63, 3.8) is 0 Å². The summed E-state index contributed by atoms with van der Waals surface area (Å²) in [6, 6.07) is 11.6. The van der Waals surface area contributed by atoms with Gasteiger partial charge < -0.3 is 42.3 Å². The number of hydrogen-bond acceptors (Lipinski definition) is 8. The van der Waals surface area contributed by atoms with Crippen LogP contribution in [0.5, 0.6) is 5.75 Å². The van der Waals surface area contributed by atoms with Gasteiger partial charge >= 0.3 is 0 Å². The highest BCUT2D eigenvalue weighted by atomic mass is 16.3. The largest absolute Gasteiger partial charge is 0.508 e. The number of phenols is 1. The molecule has 44 heavy (non-hydrogen) atoms. The molecule has 2 aromatic carbocycles. The second kappa shape index (κ2) is 18.3. The number of likely N-dealkylation sites (N-methyl/N-ethyl adjacent to an activating group) is 2. The Morgan fingerprint density at radius 3 is 2.41 bits per heavy atom. The SMILES string of the molecule is CNCCC[C@@H](CNC(=O)C[C@@H]1Cc2cccc(c2)-c2ccc(O)c(c2)C[C@H](NC)C(=O)N[C@@H](CCCNC)C(=O)N1)NC. The first kappa shape index (κ1) is 35.0. The lowest BCUT2D eigenvalue weighted by Crippen LogP contribution is -2.55. The lowest BCUT2D eigenvalue weighted by Gasteiger charge is -2.26. The van der Waals surface area contributed by atoms with Gasteiger partial charge in [0.1, 0.15) is 11.8 Å². The quantitative estimate of drug-likeness (QED) is 0.146. The summed E-state index contributed by atoms with van der Waals surface area (Å²) in [6.45, 7) is 2.09. The summed E-state index contributed by atoms with van der Waals surface area (Å²) < 4.78 is 0. The average Bonchev–Trinajstić information content (AvgIpc) is 3.01. The van der Waals surface area contributed by atoms with Crippen molar-refractivity contribution in [1.82, 2.24) is 37.2 Å². The molecule has 3 rings (SSSR count). The van der Waals surface area contributed by atoms with Gasteiger partial charge in [0.05, 0.1) is 6.04 Å². The highest BCUT2D eigenvalue weighted by Crippen LogP contribution is 2.28. The Labute approximate surface area is 261 Å². The second-order valence-electron chi connectivity index (χ2n) is 11.5. The minimum absolute atomic E-state index is 0.0998. The molecule has 1 aliphatic rings. The molecular formula is C33H51N7O4. The fourth-order valence-corrected chi connectivity index (χ4v) is 5.54. The van der Waals surface area contributed by atoms with Gasteiger partial charge in [-0.15, -0.1) is 0 Å². The van der Waals surface area contributed by atoms with E-state index in [1.807, 2.05) is 51.5 Å². The number of amides is 3. The van der Waals surface area contributed by atoms with Crippen molar-refractivity contribution in [1.29, 1.82) is 0 Å². The van der Waals surface area contributed by atoms with Gasteiger partial charge in [-0.2, -0.15) is 0 Å². The molecule has 11 heteroatoms. The summed E-state index contributed by atoms with van der Waals surface area (Å²) in [5, 5.41) is 32.2. The van der Waals surface area contributed by atoms with E-state index in [0.717, 1.165) is 36.1 Å². The lowest BCUT2D eigenvalue weighted by atomic mass is 9.95. The predicted octanol–water partition coefficient (Wildman–Crippen LogP) is 0.809. The monoisotopic (exact) mass is 609 g/mol. The van der Waals surface area contributed by atoms with Crippen LogP contribution in [0.15, 0.2) is 42.5 Å². The lowest BCUT2D eigenvalue weighted by molar-refractivity contribution is -0.131. The minimum Gasteiger partial charge on any atom is -0.508 e. The number of carbonyl (C=O) groups excluding carboxylic acids is 3. The summed E-state index contributed by atoms with van der Waals surface area (Å²) in [5.74, 6) is -0.689. The molecule has 0 saturated heterocycles. The molecule has 0 aliphatic carbocycles. The molecule has 11 nitrogen and oxygen atoms in total. The zero-order valence-corrected chi connectivity index (χ0v) is 26.6. The van der Waals surface area contributed by atoms with Gasteiger partial charge in [-0.25, -0.2) is 0 Å². The van der Waals surface area contributed by atoms with E-state index >= 15 is 0 Å². The van der Waals surface area contributed by atoms with E-state index in [0.29, 0.717) is 37.9 Å². The number of fused-ring (bicyclic) bond motifs is 5. The molecule has 0 fully saturated rings. The van der Waals surface area contributed by atoms with Crippen molar-refractivity contribution < 1.29 is 19.5 Å². The molecule has 0 aromatic heterocycles. The molecule has 3 amide bonds. The summed E-state index contributed by atoms with van der Waals surface area (Å²) in [5.41, 5.74) is 3.45. The Balaban J connectivity index is 1.90. The minimum atomic E-state index is -0.783. The third kappa shape index (κ3) is 10.9. The number of aromatic hydroxyl groups is 1. The van der Waals surface area contributed by atoms with E-state index in [2.05, 4.69) is 43.3 Å². The Bertz CT molecular complexity index is 1220. The van der Waals surface area contributed by atoms with Gasteiger partial charge in [0.15, 0.2) is 0 Å².